The molecule has 0 unspecified atom stereocenters. The highest BCUT2D eigenvalue weighted by molar-refractivity contribution is 6.56. The van der Waals surface area contributed by atoms with Crippen LogP contribution in [0.4, 0.5) is 0 Å². The molecule has 0 spiro atoms. The SMILES string of the molecule is CO[C@@H]1O[C@H](CO)[C@@H](O[C@@H]2O[C@H](COCc3ccccc3)[C@H](O)[C@H](O[C@@H]3O[C@H](CO)[C@@H](O[C@@H]4O[C@H](COCc5ccccc5)[C@H](O)[C@H](O)[C@H]4O)[C@H](OC(=O)c4ccccc4)[C@H]3N3C(=O)c4c(Cl)c(Cl)c(Cl)c(Cl)c4C3=O)[C@H]2O)[C@H](OC(=O)c2ccccc2)[C@H]1N1C(=O)c2c(Cl)c(Cl)c(Cl)c(Cl)c2C1=O. The average Bonchev–Trinajstić information content (AvgIpc) is 1.57. The van der Waals surface area contributed by atoms with Crippen LogP contribution in [0.3, 0.4) is 0 Å². The van der Waals surface area contributed by atoms with E-state index in [9.17, 15) is 54.9 Å². The van der Waals surface area contributed by atoms with Gasteiger partial charge in [0.2, 0.25) is 0 Å². The second-order valence-electron chi connectivity index (χ2n) is 24.5. The van der Waals surface area contributed by atoms with Crippen LogP contribution in [-0.2, 0) is 70.1 Å². The summed E-state index contributed by atoms with van der Waals surface area (Å²) in [6, 6.07) is 27.4. The summed E-state index contributed by atoms with van der Waals surface area (Å²) in [6.07, 6.45) is -37.1. The second kappa shape index (κ2) is 33.4. The number of halogens is 8. The van der Waals surface area contributed by atoms with E-state index < -0.39 is 247 Å². The first-order valence-corrected chi connectivity index (χ1v) is 34.9. The lowest BCUT2D eigenvalue weighted by atomic mass is 9.92. The maximum atomic E-state index is 15.5. The minimum Gasteiger partial charge on any atom is -0.453 e. The molecule has 6 heterocycles. The van der Waals surface area contributed by atoms with Crippen molar-refractivity contribution in [3.8, 4) is 0 Å². The number of carbonyl (C=O) groups excluding carboxylic acids is 6. The van der Waals surface area contributed by atoms with Gasteiger partial charge in [0.1, 0.15) is 85.3 Å². The quantitative estimate of drug-likeness (QED) is 0.0148. The number of aliphatic hydroxyl groups excluding tert-OH is 7. The molecule has 0 aliphatic carbocycles. The van der Waals surface area contributed by atoms with E-state index in [4.69, 9.17) is 150 Å². The smallest absolute Gasteiger partial charge is 0.338 e. The van der Waals surface area contributed by atoms with Crippen molar-refractivity contribution >= 4 is 128 Å². The average molecular weight is 1600 g/mol. The number of methoxy groups -OCH3 is 1. The van der Waals surface area contributed by atoms with Crippen molar-refractivity contribution in [2.75, 3.05) is 33.5 Å². The summed E-state index contributed by atoms with van der Waals surface area (Å²) in [4.78, 5) is 91.0. The van der Waals surface area contributed by atoms with Gasteiger partial charge in [0.25, 0.3) is 23.6 Å². The highest BCUT2D eigenvalue weighted by Gasteiger charge is 2.63. The summed E-state index contributed by atoms with van der Waals surface area (Å²) in [5, 5.41) is 79.1. The number of ether oxygens (including phenoxy) is 12. The molecule has 6 aromatic carbocycles. The Morgan fingerprint density at radius 2 is 0.712 bits per heavy atom. The first-order chi connectivity index (χ1) is 49.9. The largest absolute Gasteiger partial charge is 0.453 e. The van der Waals surface area contributed by atoms with Crippen LogP contribution in [0, 0.1) is 0 Å². The lowest BCUT2D eigenvalue weighted by Crippen LogP contribution is -2.71. The van der Waals surface area contributed by atoms with Crippen LogP contribution in [-0.4, -0.2) is 237 Å². The van der Waals surface area contributed by atoms with Crippen LogP contribution < -0.4 is 0 Å². The van der Waals surface area contributed by atoms with E-state index in [1.807, 2.05) is 0 Å². The Morgan fingerprint density at radius 1 is 0.385 bits per heavy atom. The number of amides is 4. The minimum absolute atomic E-state index is 0.0213. The van der Waals surface area contributed by atoms with E-state index in [1.165, 1.54) is 48.5 Å². The number of benzene rings is 6. The molecule has 4 fully saturated rings. The molecule has 0 bridgehead atoms. The van der Waals surface area contributed by atoms with E-state index in [0.717, 1.165) is 7.11 Å². The van der Waals surface area contributed by atoms with Gasteiger partial charge in [-0.25, -0.2) is 9.59 Å². The molecule has 0 radical (unpaired) electrons. The first-order valence-electron chi connectivity index (χ1n) is 31.9. The van der Waals surface area contributed by atoms with Gasteiger partial charge in [-0.1, -0.05) is 190 Å². The van der Waals surface area contributed by atoms with Gasteiger partial charge in [-0.15, -0.1) is 0 Å². The van der Waals surface area contributed by atoms with Crippen molar-refractivity contribution in [1.29, 1.82) is 0 Å². The van der Waals surface area contributed by atoms with Crippen LogP contribution in [0.2, 0.25) is 40.2 Å². The number of hydrogen-bond donors (Lipinski definition) is 7. The number of nitrogens with zero attached hydrogens (tertiary/aromatic N) is 2. The second-order valence-corrected chi connectivity index (χ2v) is 27.5. The summed E-state index contributed by atoms with van der Waals surface area (Å²) < 4.78 is 75.4. The van der Waals surface area contributed by atoms with Crippen LogP contribution in [0.5, 0.6) is 0 Å². The van der Waals surface area contributed by atoms with E-state index in [0.29, 0.717) is 20.9 Å². The zero-order valence-electron chi connectivity index (χ0n) is 53.7. The number of carbonyl (C=O) groups is 6. The highest BCUT2D eigenvalue weighted by atomic mass is 35.5. The van der Waals surface area contributed by atoms with Gasteiger partial charge < -0.3 is 92.6 Å². The maximum absolute atomic E-state index is 15.5. The third kappa shape index (κ3) is 15.1. The summed E-state index contributed by atoms with van der Waals surface area (Å²) in [6.45, 7) is -3.50. The molecule has 0 aromatic heterocycles. The van der Waals surface area contributed by atoms with Crippen LogP contribution in [0.15, 0.2) is 121 Å². The molecular weight excluding hydrogens is 1540 g/mol. The predicted molar refractivity (Wildman–Crippen MR) is 366 cm³/mol. The minimum atomic E-state index is -2.46. The normalized spacial score (nSPS) is 30.5. The molecule has 6 aliphatic heterocycles. The third-order valence-electron chi connectivity index (χ3n) is 18.2. The summed E-state index contributed by atoms with van der Waals surface area (Å²) in [5.74, 6) is -7.46. The predicted octanol–water partition coefficient (Wildman–Crippen LogP) is 6.92. The lowest BCUT2D eigenvalue weighted by Gasteiger charge is -2.52. The maximum Gasteiger partial charge on any atom is 0.338 e. The van der Waals surface area contributed by atoms with Gasteiger partial charge in [0.15, 0.2) is 37.4 Å². The van der Waals surface area contributed by atoms with Crippen molar-refractivity contribution in [3.05, 3.63) is 206 Å². The van der Waals surface area contributed by atoms with Crippen LogP contribution in [0.1, 0.15) is 73.3 Å². The molecule has 6 aromatic rings. The van der Waals surface area contributed by atoms with Gasteiger partial charge >= 0.3 is 11.9 Å². The Hall–Kier alpha value is -5.82. The molecule has 7 N–H and O–H groups in total. The standard InChI is InChI=1S/C69H62Cl8N2O25/c1-93-66-48(78-60(87)36-37(61(78)88)41(71)45(75)44(74)40(36)70)57(100-64(91)30-18-10-4-11-19-30)55(32(22-80)96-66)103-69-54(86)59(51(83)35(99-69)27-95-25-29-16-8-3-9-17-29)104-67-49(79-62(89)38-39(63(79)90)43(73)47(77)46(76)42(38)72)58(101-65(92)31-20-12-5-13-21-31)56(33(23-81)97-67)102-68-53(85)52(84)50(82)34(98-68)26-94-24-28-14-6-2-7-15-28/h2-21,32-35,48-59,66-69,80-86H,22-27H2,1H3/t32-,33-,34-,35-,48-,49-,50+,51+,52+,53-,54-,55-,56-,57-,58-,59+,66-,67+,68+,69+/m1/s1. The van der Waals surface area contributed by atoms with E-state index >= 15 is 9.59 Å². The Labute approximate surface area is 631 Å². The summed E-state index contributed by atoms with van der Waals surface area (Å²) in [7, 11) is 1.09. The number of imide groups is 2. The molecule has 20 atom stereocenters. The Morgan fingerprint density at radius 3 is 1.09 bits per heavy atom. The monoisotopic (exact) mass is 1600 g/mol. The lowest BCUT2D eigenvalue weighted by molar-refractivity contribution is -0.380. The van der Waals surface area contributed by atoms with Gasteiger partial charge in [-0.05, 0) is 35.4 Å². The zero-order valence-corrected chi connectivity index (χ0v) is 59.8. The molecule has 6 aliphatic rings. The molecule has 0 saturated carbocycles. The van der Waals surface area contributed by atoms with E-state index in [-0.39, 0.29) is 24.3 Å². The Kier molecular flexibility index (Phi) is 24.9. The fraction of sp³-hybridized carbons (Fsp3) is 0.391. The summed E-state index contributed by atoms with van der Waals surface area (Å²) >= 11 is 52.6. The molecule has 554 valence electrons. The van der Waals surface area contributed by atoms with Gasteiger partial charge in [0, 0.05) is 7.11 Å². The fourth-order valence-corrected chi connectivity index (χ4v) is 15.0. The fourth-order valence-electron chi connectivity index (χ4n) is 13.0. The third-order valence-corrected chi connectivity index (χ3v) is 21.8. The Bertz CT molecular complexity index is 4070. The first kappa shape index (κ1) is 77.8. The molecule has 35 heteroatoms. The number of rotatable bonds is 23. The van der Waals surface area contributed by atoms with E-state index in [1.54, 1.807) is 72.8 Å². The molecular formula is C69H62Cl8N2O25. The molecule has 104 heavy (non-hydrogen) atoms. The van der Waals surface area contributed by atoms with Crippen molar-refractivity contribution in [3.63, 3.8) is 0 Å². The topological polar surface area (TPSA) is 361 Å². The number of fused-ring (bicyclic) bond motifs is 2. The van der Waals surface area contributed by atoms with Crippen molar-refractivity contribution in [1.82, 2.24) is 9.80 Å². The molecule has 4 amide bonds. The van der Waals surface area contributed by atoms with Crippen molar-refractivity contribution in [2.24, 2.45) is 0 Å². The van der Waals surface area contributed by atoms with Crippen molar-refractivity contribution < 1.29 is 121 Å². The zero-order chi connectivity index (χ0) is 74.3. The van der Waals surface area contributed by atoms with Gasteiger partial charge in [-0.2, -0.15) is 0 Å². The highest BCUT2D eigenvalue weighted by Crippen LogP contribution is 2.50. The van der Waals surface area contributed by atoms with Gasteiger partial charge in [-0.3, -0.25) is 29.0 Å². The van der Waals surface area contributed by atoms with E-state index in [2.05, 4.69) is 0 Å². The molecule has 4 saturated heterocycles. The summed E-state index contributed by atoms with van der Waals surface area (Å²) in [5.41, 5.74) is -1.36. The molecule has 12 rings (SSSR count). The Balaban J connectivity index is 0.964. The van der Waals surface area contributed by atoms with Crippen LogP contribution >= 0.6 is 92.8 Å². The number of aliphatic hydroxyl groups is 7. The number of hydrogen-bond acceptors (Lipinski definition) is 25. The number of esters is 2. The van der Waals surface area contributed by atoms with Crippen molar-refractivity contribution in [2.45, 2.75) is 136 Å². The van der Waals surface area contributed by atoms with Gasteiger partial charge in [0.05, 0.1) is 113 Å². The molecule has 27 nitrogen and oxygen atoms in total. The van der Waals surface area contributed by atoms with Crippen LogP contribution in [0.25, 0.3) is 0 Å².